The Kier molecular flexibility index (Phi) is 3.10. The lowest BCUT2D eigenvalue weighted by atomic mass is 9.92. The number of hydrogen-bond donors (Lipinski definition) is 0. The average Bonchev–Trinajstić information content (AvgIpc) is 2.12. The summed E-state index contributed by atoms with van der Waals surface area (Å²) in [6, 6.07) is 8.29. The Labute approximate surface area is 98.4 Å². The van der Waals surface area contributed by atoms with Crippen molar-refractivity contribution in [2.24, 2.45) is 5.92 Å². The van der Waals surface area contributed by atoms with Crippen molar-refractivity contribution in [2.75, 3.05) is 13.1 Å². The first-order chi connectivity index (χ1) is 7.16. The van der Waals surface area contributed by atoms with Gasteiger partial charge < -0.3 is 4.90 Å². The normalized spacial score (nSPS) is 16.3. The second-order valence-corrected chi connectivity index (χ2v) is 4.94. The molecule has 0 aliphatic carbocycles. The quantitative estimate of drug-likeness (QED) is 0.806. The molecule has 15 heavy (non-hydrogen) atoms. The van der Waals surface area contributed by atoms with Gasteiger partial charge in [-0.3, -0.25) is 4.79 Å². The summed E-state index contributed by atoms with van der Waals surface area (Å²) in [4.78, 5) is 12.9. The summed E-state index contributed by atoms with van der Waals surface area (Å²) in [6.45, 7) is 3.46. The van der Waals surface area contributed by atoms with Gasteiger partial charge in [0.15, 0.2) is 0 Å². The Hall–Kier alpha value is -0.830. The molecule has 2 rings (SSSR count). The van der Waals surface area contributed by atoms with Crippen molar-refractivity contribution >= 4 is 21.8 Å². The zero-order valence-electron chi connectivity index (χ0n) is 8.74. The highest BCUT2D eigenvalue weighted by Crippen LogP contribution is 2.24. The van der Waals surface area contributed by atoms with E-state index in [1.165, 1.54) is 10.0 Å². The zero-order valence-corrected chi connectivity index (χ0v) is 10.3. The van der Waals surface area contributed by atoms with E-state index in [-0.39, 0.29) is 5.91 Å². The zero-order chi connectivity index (χ0) is 10.8. The number of nitrogens with zero attached hydrogens (tertiary/aromatic N) is 1. The Morgan fingerprint density at radius 1 is 1.47 bits per heavy atom. The first-order valence-corrected chi connectivity index (χ1v) is 5.95. The van der Waals surface area contributed by atoms with Crippen molar-refractivity contribution < 1.29 is 4.79 Å². The first-order valence-electron chi connectivity index (χ1n) is 5.15. The van der Waals surface area contributed by atoms with Crippen molar-refractivity contribution in [1.29, 1.82) is 0 Å². The van der Waals surface area contributed by atoms with Gasteiger partial charge in [0.05, 0.1) is 0 Å². The van der Waals surface area contributed by atoms with Gasteiger partial charge in [0, 0.05) is 24.5 Å². The summed E-state index contributed by atoms with van der Waals surface area (Å²) in [6.07, 6.45) is 1.06. The molecular weight excluding hydrogens is 254 g/mol. The molecule has 0 bridgehead atoms. The van der Waals surface area contributed by atoms with E-state index in [0.717, 1.165) is 19.5 Å². The molecule has 1 aliphatic heterocycles. The molecular formula is C12H14BrNO. The molecule has 0 radical (unpaired) electrons. The fourth-order valence-electron chi connectivity index (χ4n) is 1.93. The van der Waals surface area contributed by atoms with Gasteiger partial charge in [-0.1, -0.05) is 34.1 Å². The maximum Gasteiger partial charge on any atom is 0.219 e. The molecule has 0 N–H and O–H groups in total. The largest absolute Gasteiger partial charge is 0.342 e. The second-order valence-electron chi connectivity index (χ2n) is 4.09. The summed E-state index contributed by atoms with van der Waals surface area (Å²) in [7, 11) is 0. The third-order valence-corrected chi connectivity index (χ3v) is 3.64. The Bertz CT molecular complexity index is 372. The highest BCUT2D eigenvalue weighted by atomic mass is 79.9. The van der Waals surface area contributed by atoms with Crippen LogP contribution in [0.3, 0.4) is 0 Å². The van der Waals surface area contributed by atoms with Crippen molar-refractivity contribution in [3.8, 4) is 0 Å². The van der Waals surface area contributed by atoms with Crippen LogP contribution in [0.5, 0.6) is 0 Å². The molecule has 0 atom stereocenters. The number of hydrogen-bond acceptors (Lipinski definition) is 1. The van der Waals surface area contributed by atoms with E-state index in [0.29, 0.717) is 5.92 Å². The molecule has 1 amide bonds. The van der Waals surface area contributed by atoms with Gasteiger partial charge in [0.25, 0.3) is 0 Å². The molecule has 1 saturated heterocycles. The average molecular weight is 268 g/mol. The minimum Gasteiger partial charge on any atom is -0.342 e. The number of amides is 1. The number of rotatable bonds is 2. The van der Waals surface area contributed by atoms with E-state index < -0.39 is 0 Å². The van der Waals surface area contributed by atoms with Crippen molar-refractivity contribution in [2.45, 2.75) is 13.3 Å². The molecule has 1 fully saturated rings. The molecule has 1 aliphatic rings. The highest BCUT2D eigenvalue weighted by Gasteiger charge is 2.28. The van der Waals surface area contributed by atoms with E-state index in [2.05, 4.69) is 34.1 Å². The predicted molar refractivity (Wildman–Crippen MR) is 63.6 cm³/mol. The molecule has 1 aromatic carbocycles. The van der Waals surface area contributed by atoms with Crippen molar-refractivity contribution in [3.05, 3.63) is 34.3 Å². The molecule has 0 unspecified atom stereocenters. The van der Waals surface area contributed by atoms with Crippen LogP contribution in [0.15, 0.2) is 28.7 Å². The van der Waals surface area contributed by atoms with Crippen LogP contribution in [0.1, 0.15) is 12.5 Å². The number of carbonyl (C=O) groups excluding carboxylic acids is 1. The van der Waals surface area contributed by atoms with Gasteiger partial charge in [-0.15, -0.1) is 0 Å². The fourth-order valence-corrected chi connectivity index (χ4v) is 2.38. The van der Waals surface area contributed by atoms with Crippen LogP contribution < -0.4 is 0 Å². The lowest BCUT2D eigenvalue weighted by Crippen LogP contribution is -2.49. The van der Waals surface area contributed by atoms with E-state index in [9.17, 15) is 4.79 Å². The van der Waals surface area contributed by atoms with E-state index in [4.69, 9.17) is 0 Å². The maximum atomic E-state index is 11.0. The van der Waals surface area contributed by atoms with E-state index in [1.807, 2.05) is 11.0 Å². The lowest BCUT2D eigenvalue weighted by Gasteiger charge is -2.38. The van der Waals surface area contributed by atoms with Gasteiger partial charge in [-0.25, -0.2) is 0 Å². The van der Waals surface area contributed by atoms with Crippen LogP contribution in [0.25, 0.3) is 0 Å². The van der Waals surface area contributed by atoms with Gasteiger partial charge in [0.1, 0.15) is 0 Å². The summed E-state index contributed by atoms with van der Waals surface area (Å²) in [5.74, 6) is 0.825. The maximum absolute atomic E-state index is 11.0. The topological polar surface area (TPSA) is 20.3 Å². The minimum absolute atomic E-state index is 0.193. The predicted octanol–water partition coefficient (Wildman–Crippen LogP) is 2.47. The minimum atomic E-state index is 0.193. The number of likely N-dealkylation sites (tertiary alicyclic amines) is 1. The molecule has 0 aromatic heterocycles. The summed E-state index contributed by atoms with van der Waals surface area (Å²) in [5.41, 5.74) is 1.34. The van der Waals surface area contributed by atoms with Gasteiger partial charge in [-0.2, -0.15) is 0 Å². The summed E-state index contributed by atoms with van der Waals surface area (Å²) in [5, 5.41) is 0. The smallest absolute Gasteiger partial charge is 0.219 e. The summed E-state index contributed by atoms with van der Waals surface area (Å²) >= 11 is 3.54. The van der Waals surface area contributed by atoms with Gasteiger partial charge >= 0.3 is 0 Å². The summed E-state index contributed by atoms with van der Waals surface area (Å²) < 4.78 is 1.17. The van der Waals surface area contributed by atoms with Crippen LogP contribution >= 0.6 is 15.9 Å². The third-order valence-electron chi connectivity index (χ3n) is 2.87. The van der Waals surface area contributed by atoms with Gasteiger partial charge in [-0.05, 0) is 24.0 Å². The second kappa shape index (κ2) is 4.35. The number of benzene rings is 1. The first kappa shape index (κ1) is 10.7. The molecule has 1 heterocycles. The van der Waals surface area contributed by atoms with Crippen LogP contribution in [0.2, 0.25) is 0 Å². The van der Waals surface area contributed by atoms with Gasteiger partial charge in [0.2, 0.25) is 5.91 Å². The SMILES string of the molecule is CC(=O)N1CC(Cc2ccccc2Br)C1. The Morgan fingerprint density at radius 3 is 2.73 bits per heavy atom. The van der Waals surface area contributed by atoms with Crippen LogP contribution in [-0.2, 0) is 11.2 Å². The Balaban J connectivity index is 1.90. The number of carbonyl (C=O) groups is 1. The number of halogens is 1. The van der Waals surface area contributed by atoms with E-state index in [1.54, 1.807) is 6.92 Å². The van der Waals surface area contributed by atoms with E-state index >= 15 is 0 Å². The molecule has 0 saturated carbocycles. The van der Waals surface area contributed by atoms with Crippen molar-refractivity contribution in [3.63, 3.8) is 0 Å². The highest BCUT2D eigenvalue weighted by molar-refractivity contribution is 9.10. The van der Waals surface area contributed by atoms with Crippen molar-refractivity contribution in [1.82, 2.24) is 4.90 Å². The molecule has 1 aromatic rings. The Morgan fingerprint density at radius 2 is 2.13 bits per heavy atom. The molecule has 3 heteroatoms. The standard InChI is InChI=1S/C12H14BrNO/c1-9(15)14-7-10(8-14)6-11-4-2-3-5-12(11)13/h2-5,10H,6-8H2,1H3. The third kappa shape index (κ3) is 2.40. The monoisotopic (exact) mass is 267 g/mol. The molecule has 80 valence electrons. The van der Waals surface area contributed by atoms with Crippen LogP contribution in [-0.4, -0.2) is 23.9 Å². The molecule has 0 spiro atoms. The lowest BCUT2D eigenvalue weighted by molar-refractivity contribution is -0.134. The van der Waals surface area contributed by atoms with Crippen LogP contribution in [0.4, 0.5) is 0 Å². The van der Waals surface area contributed by atoms with Crippen LogP contribution in [0, 0.1) is 5.92 Å². The fraction of sp³-hybridized carbons (Fsp3) is 0.417. The molecule has 2 nitrogen and oxygen atoms in total.